The molecule has 108 valence electrons. The molecule has 1 saturated heterocycles. The Balaban J connectivity index is 1.83. The fourth-order valence-electron chi connectivity index (χ4n) is 3.34. The molecule has 0 aromatic carbocycles. The first-order valence-electron chi connectivity index (χ1n) is 7.69. The summed E-state index contributed by atoms with van der Waals surface area (Å²) < 4.78 is 0. The summed E-state index contributed by atoms with van der Waals surface area (Å²) in [7, 11) is 0. The third-order valence-electron chi connectivity index (χ3n) is 4.62. The van der Waals surface area contributed by atoms with Crippen LogP contribution in [0.5, 0.6) is 0 Å². The Morgan fingerprint density at radius 1 is 1.32 bits per heavy atom. The lowest BCUT2D eigenvalue weighted by atomic mass is 9.93. The monoisotopic (exact) mass is 266 g/mol. The number of likely N-dealkylation sites (tertiary alicyclic amines) is 1. The molecule has 2 fully saturated rings. The molecule has 1 unspecified atom stereocenters. The number of rotatable bonds is 2. The first-order valence-corrected chi connectivity index (χ1v) is 7.69. The van der Waals surface area contributed by atoms with Gasteiger partial charge in [-0.25, -0.2) is 0 Å². The Morgan fingerprint density at radius 2 is 2.00 bits per heavy atom. The normalized spacial score (nSPS) is 28.4. The van der Waals surface area contributed by atoms with Crippen molar-refractivity contribution < 1.29 is 10.0 Å². The number of oxime groups is 1. The van der Waals surface area contributed by atoms with E-state index < -0.39 is 0 Å². The second kappa shape index (κ2) is 6.92. The van der Waals surface area contributed by atoms with Gasteiger partial charge >= 0.3 is 0 Å². The lowest BCUT2D eigenvalue weighted by Crippen LogP contribution is -2.43. The average molecular weight is 266 g/mol. The first kappa shape index (κ1) is 14.4. The molecule has 19 heavy (non-hydrogen) atoms. The molecule has 1 N–H and O–H groups in total. The summed E-state index contributed by atoms with van der Waals surface area (Å²) in [4.78, 5) is 14.3. The van der Waals surface area contributed by atoms with Gasteiger partial charge < -0.3 is 10.1 Å². The van der Waals surface area contributed by atoms with E-state index >= 15 is 0 Å². The van der Waals surface area contributed by atoms with Gasteiger partial charge in [0.25, 0.3) is 0 Å². The van der Waals surface area contributed by atoms with Crippen LogP contribution < -0.4 is 0 Å². The lowest BCUT2D eigenvalue weighted by Gasteiger charge is -2.32. The largest absolute Gasteiger partial charge is 0.411 e. The third kappa shape index (κ3) is 3.95. The van der Waals surface area contributed by atoms with Gasteiger partial charge in [-0.3, -0.25) is 4.79 Å². The fourth-order valence-corrected chi connectivity index (χ4v) is 3.34. The van der Waals surface area contributed by atoms with E-state index in [0.717, 1.165) is 18.7 Å². The van der Waals surface area contributed by atoms with E-state index in [2.05, 4.69) is 5.16 Å². The van der Waals surface area contributed by atoms with Crippen molar-refractivity contribution in [2.45, 2.75) is 58.3 Å². The van der Waals surface area contributed by atoms with Crippen molar-refractivity contribution >= 4 is 11.6 Å². The van der Waals surface area contributed by atoms with Gasteiger partial charge in [0.05, 0.1) is 5.71 Å². The molecular formula is C15H26N2O2. The van der Waals surface area contributed by atoms with Crippen LogP contribution in [0.1, 0.15) is 58.3 Å². The third-order valence-corrected chi connectivity index (χ3v) is 4.62. The quantitative estimate of drug-likeness (QED) is 0.474. The molecule has 2 aliphatic rings. The number of hydrogen-bond acceptors (Lipinski definition) is 3. The van der Waals surface area contributed by atoms with Crippen molar-refractivity contribution in [2.24, 2.45) is 17.0 Å². The molecule has 4 heteroatoms. The van der Waals surface area contributed by atoms with Crippen LogP contribution >= 0.6 is 0 Å². The van der Waals surface area contributed by atoms with Crippen LogP contribution in [0.2, 0.25) is 0 Å². The zero-order chi connectivity index (χ0) is 13.7. The maximum atomic E-state index is 12.3. The highest BCUT2D eigenvalue weighted by Crippen LogP contribution is 2.26. The summed E-state index contributed by atoms with van der Waals surface area (Å²) in [6, 6.07) is 0. The standard InChI is InChI=1S/C15H26N2O2/c1-12-11-17(9-8-14(12)16-19)15(18)10-13-6-4-2-3-5-7-13/h12-13,19H,2-11H2,1H3. The van der Waals surface area contributed by atoms with E-state index in [-0.39, 0.29) is 5.92 Å². The van der Waals surface area contributed by atoms with E-state index in [9.17, 15) is 4.79 Å². The molecule has 1 aliphatic heterocycles. The number of nitrogens with zero attached hydrogens (tertiary/aromatic N) is 2. The summed E-state index contributed by atoms with van der Waals surface area (Å²) in [6.45, 7) is 3.46. The zero-order valence-electron chi connectivity index (χ0n) is 12.0. The van der Waals surface area contributed by atoms with Gasteiger partial charge in [-0.15, -0.1) is 0 Å². The van der Waals surface area contributed by atoms with Gasteiger partial charge in [0.15, 0.2) is 0 Å². The molecule has 1 aliphatic carbocycles. The summed E-state index contributed by atoms with van der Waals surface area (Å²) in [5.74, 6) is 1.09. The fraction of sp³-hybridized carbons (Fsp3) is 0.867. The van der Waals surface area contributed by atoms with Gasteiger partial charge in [0, 0.05) is 31.8 Å². The summed E-state index contributed by atoms with van der Waals surface area (Å²) in [5.41, 5.74) is 0.832. The first-order chi connectivity index (χ1) is 9.20. The molecule has 4 nitrogen and oxygen atoms in total. The second-order valence-electron chi connectivity index (χ2n) is 6.14. The van der Waals surface area contributed by atoms with Crippen molar-refractivity contribution in [1.82, 2.24) is 4.90 Å². The Morgan fingerprint density at radius 3 is 2.58 bits per heavy atom. The number of carbonyl (C=O) groups is 1. The van der Waals surface area contributed by atoms with Crippen LogP contribution in [0, 0.1) is 11.8 Å². The summed E-state index contributed by atoms with van der Waals surface area (Å²) in [5, 5.41) is 12.2. The van der Waals surface area contributed by atoms with Crippen molar-refractivity contribution in [3.63, 3.8) is 0 Å². The molecule has 0 aromatic heterocycles. The maximum absolute atomic E-state index is 12.3. The Bertz CT molecular complexity index is 333. The Labute approximate surface area is 115 Å². The highest BCUT2D eigenvalue weighted by atomic mass is 16.4. The molecule has 1 amide bonds. The molecule has 0 spiro atoms. The van der Waals surface area contributed by atoms with Crippen molar-refractivity contribution in [2.75, 3.05) is 13.1 Å². The minimum atomic E-state index is 0.192. The molecule has 0 bridgehead atoms. The van der Waals surface area contributed by atoms with E-state index in [1.165, 1.54) is 38.5 Å². The van der Waals surface area contributed by atoms with E-state index in [0.29, 0.717) is 24.8 Å². The molecule has 2 rings (SSSR count). The Hall–Kier alpha value is -1.06. The van der Waals surface area contributed by atoms with Gasteiger partial charge in [0.1, 0.15) is 0 Å². The minimum absolute atomic E-state index is 0.192. The number of amides is 1. The molecule has 1 saturated carbocycles. The van der Waals surface area contributed by atoms with Gasteiger partial charge in [0.2, 0.25) is 5.91 Å². The molecular weight excluding hydrogens is 240 g/mol. The van der Waals surface area contributed by atoms with Crippen LogP contribution in [0.25, 0.3) is 0 Å². The van der Waals surface area contributed by atoms with Crippen molar-refractivity contribution in [3.05, 3.63) is 0 Å². The van der Waals surface area contributed by atoms with Crippen LogP contribution in [0.15, 0.2) is 5.16 Å². The van der Waals surface area contributed by atoms with E-state index in [1.54, 1.807) is 0 Å². The van der Waals surface area contributed by atoms with Gasteiger partial charge in [-0.05, 0) is 18.8 Å². The SMILES string of the molecule is CC1CN(C(=O)CC2CCCCCC2)CCC1=NO. The average Bonchev–Trinajstić information content (AvgIpc) is 2.67. The number of piperidine rings is 1. The predicted molar refractivity (Wildman–Crippen MR) is 75.4 cm³/mol. The molecule has 1 heterocycles. The Kier molecular flexibility index (Phi) is 5.23. The van der Waals surface area contributed by atoms with Crippen molar-refractivity contribution in [1.29, 1.82) is 0 Å². The topological polar surface area (TPSA) is 52.9 Å². The van der Waals surface area contributed by atoms with Crippen LogP contribution in [0.4, 0.5) is 0 Å². The van der Waals surface area contributed by atoms with Crippen molar-refractivity contribution in [3.8, 4) is 0 Å². The number of carbonyl (C=O) groups excluding carboxylic acids is 1. The highest BCUT2D eigenvalue weighted by Gasteiger charge is 2.27. The molecule has 1 atom stereocenters. The zero-order valence-corrected chi connectivity index (χ0v) is 12.0. The van der Waals surface area contributed by atoms with Gasteiger partial charge in [-0.2, -0.15) is 0 Å². The van der Waals surface area contributed by atoms with E-state index in [4.69, 9.17) is 5.21 Å². The van der Waals surface area contributed by atoms with Crippen LogP contribution in [-0.2, 0) is 4.79 Å². The smallest absolute Gasteiger partial charge is 0.222 e. The number of hydrogen-bond donors (Lipinski definition) is 1. The van der Waals surface area contributed by atoms with E-state index in [1.807, 2.05) is 11.8 Å². The lowest BCUT2D eigenvalue weighted by molar-refractivity contribution is -0.133. The molecule has 0 radical (unpaired) electrons. The van der Waals surface area contributed by atoms with Crippen LogP contribution in [0.3, 0.4) is 0 Å². The van der Waals surface area contributed by atoms with Crippen LogP contribution in [-0.4, -0.2) is 34.8 Å². The summed E-state index contributed by atoms with van der Waals surface area (Å²) in [6.07, 6.45) is 9.12. The predicted octanol–water partition coefficient (Wildman–Crippen LogP) is 3.05. The maximum Gasteiger partial charge on any atom is 0.222 e. The second-order valence-corrected chi connectivity index (χ2v) is 6.14. The minimum Gasteiger partial charge on any atom is -0.411 e. The molecule has 0 aromatic rings. The summed E-state index contributed by atoms with van der Waals surface area (Å²) >= 11 is 0. The highest BCUT2D eigenvalue weighted by molar-refractivity contribution is 5.89. The van der Waals surface area contributed by atoms with Gasteiger partial charge in [-0.1, -0.05) is 37.8 Å².